The summed E-state index contributed by atoms with van der Waals surface area (Å²) in [6.07, 6.45) is 1.82. The zero-order valence-corrected chi connectivity index (χ0v) is 24.8. The van der Waals surface area contributed by atoms with Gasteiger partial charge in [-0.05, 0) is 110 Å². The van der Waals surface area contributed by atoms with Crippen LogP contribution >= 0.6 is 12.2 Å². The van der Waals surface area contributed by atoms with E-state index in [2.05, 4.69) is 40.8 Å². The lowest BCUT2D eigenvalue weighted by atomic mass is 9.96. The summed E-state index contributed by atoms with van der Waals surface area (Å²) in [5.74, 6) is 3.75. The van der Waals surface area contributed by atoms with Crippen LogP contribution in [0.15, 0.2) is 97.2 Å². The van der Waals surface area contributed by atoms with Crippen molar-refractivity contribution in [3.63, 3.8) is 0 Å². The van der Waals surface area contributed by atoms with E-state index in [1.54, 1.807) is 7.11 Å². The minimum absolute atomic E-state index is 0.148. The molecule has 2 aliphatic rings. The van der Waals surface area contributed by atoms with E-state index in [0.717, 1.165) is 62.8 Å². The van der Waals surface area contributed by atoms with Crippen molar-refractivity contribution in [1.29, 1.82) is 0 Å². The molecule has 0 spiro atoms. The highest BCUT2D eigenvalue weighted by Crippen LogP contribution is 2.44. The van der Waals surface area contributed by atoms with Crippen molar-refractivity contribution in [3.05, 3.63) is 120 Å². The third kappa shape index (κ3) is 4.91. The minimum Gasteiger partial charge on any atom is -0.497 e. The van der Waals surface area contributed by atoms with E-state index in [1.165, 1.54) is 0 Å². The molecule has 1 N–H and O–H groups in total. The van der Waals surface area contributed by atoms with Gasteiger partial charge in [0.05, 0.1) is 24.9 Å². The highest BCUT2D eigenvalue weighted by atomic mass is 32.1. The summed E-state index contributed by atoms with van der Waals surface area (Å²) in [7, 11) is 1.65. The average Bonchev–Trinajstić information content (AvgIpc) is 3.72. The van der Waals surface area contributed by atoms with Crippen molar-refractivity contribution in [2.24, 2.45) is 0 Å². The highest BCUT2D eigenvalue weighted by Gasteiger charge is 2.42. The van der Waals surface area contributed by atoms with E-state index in [4.69, 9.17) is 36.1 Å². The zero-order chi connectivity index (χ0) is 29.5. The number of aryl methyl sites for hydroxylation is 1. The van der Waals surface area contributed by atoms with Crippen LogP contribution in [0.1, 0.15) is 34.7 Å². The first-order chi connectivity index (χ1) is 21.0. The van der Waals surface area contributed by atoms with Gasteiger partial charge < -0.3 is 33.7 Å². The molecule has 1 fully saturated rings. The lowest BCUT2D eigenvalue weighted by molar-refractivity contribution is 0.174. The monoisotopic (exact) mass is 590 g/mol. The smallest absolute Gasteiger partial charge is 0.231 e. The summed E-state index contributed by atoms with van der Waals surface area (Å²) in [5.41, 5.74) is 6.25. The third-order valence-electron chi connectivity index (χ3n) is 7.91. The molecule has 0 saturated carbocycles. The summed E-state index contributed by atoms with van der Waals surface area (Å²) in [6.45, 7) is 4.50. The average molecular weight is 591 g/mol. The fraction of sp³-hybridized carbons (Fsp3) is 0.176. The van der Waals surface area contributed by atoms with Crippen molar-refractivity contribution in [3.8, 4) is 34.4 Å². The number of fused-ring (bicyclic) bond motifs is 1. The number of rotatable bonds is 7. The predicted octanol–water partition coefficient (Wildman–Crippen LogP) is 7.20. The minimum atomic E-state index is -0.158. The molecule has 0 radical (unpaired) electrons. The zero-order valence-electron chi connectivity index (χ0n) is 24.0. The van der Waals surface area contributed by atoms with Crippen LogP contribution in [0.4, 0.5) is 5.69 Å². The number of thiocarbonyl (C=S) groups is 1. The Bertz CT molecular complexity index is 1790. The molecular weight excluding hydrogens is 560 g/mol. The lowest BCUT2D eigenvalue weighted by Gasteiger charge is -2.28. The Morgan fingerprint density at radius 3 is 2.26 bits per heavy atom. The summed E-state index contributed by atoms with van der Waals surface area (Å²) in [6, 6.07) is 29.5. The second-order valence-electron chi connectivity index (χ2n) is 10.5. The SMILES string of the molecule is COc1ccc(Oc2ccc(N3C(=S)N[C@H](c4ccccn4)[C@@H]3c3cc(C)n(-c4ccc5c(c4)OCO5)c3C)cc2)cc1. The molecule has 43 heavy (non-hydrogen) atoms. The number of nitrogens with one attached hydrogen (secondary N) is 1. The predicted molar refractivity (Wildman–Crippen MR) is 169 cm³/mol. The van der Waals surface area contributed by atoms with Crippen molar-refractivity contribution < 1.29 is 18.9 Å². The van der Waals surface area contributed by atoms with Crippen molar-refractivity contribution in [2.75, 3.05) is 18.8 Å². The maximum Gasteiger partial charge on any atom is 0.231 e. The topological polar surface area (TPSA) is 70.0 Å². The summed E-state index contributed by atoms with van der Waals surface area (Å²) < 4.78 is 24.8. The van der Waals surface area contributed by atoms with E-state index in [1.807, 2.05) is 85.1 Å². The molecule has 216 valence electrons. The van der Waals surface area contributed by atoms with Gasteiger partial charge in [-0.1, -0.05) is 6.07 Å². The highest BCUT2D eigenvalue weighted by molar-refractivity contribution is 7.80. The number of hydrogen-bond acceptors (Lipinski definition) is 6. The number of ether oxygens (including phenoxy) is 4. The van der Waals surface area contributed by atoms with Gasteiger partial charge >= 0.3 is 0 Å². The molecule has 9 heteroatoms. The Kier molecular flexibility index (Phi) is 6.87. The van der Waals surface area contributed by atoms with Crippen molar-refractivity contribution in [1.82, 2.24) is 14.9 Å². The number of anilines is 1. The summed E-state index contributed by atoms with van der Waals surface area (Å²) in [4.78, 5) is 6.89. The molecule has 0 unspecified atom stereocenters. The van der Waals surface area contributed by atoms with E-state index in [-0.39, 0.29) is 18.9 Å². The van der Waals surface area contributed by atoms with Gasteiger partial charge in [0.1, 0.15) is 17.2 Å². The Morgan fingerprint density at radius 1 is 0.837 bits per heavy atom. The normalized spacial score (nSPS) is 17.2. The Morgan fingerprint density at radius 2 is 1.53 bits per heavy atom. The Balaban J connectivity index is 1.26. The van der Waals surface area contributed by atoms with Crippen LogP contribution in [-0.4, -0.2) is 28.6 Å². The Hall–Kier alpha value is -5.02. The van der Waals surface area contributed by atoms with Crippen LogP contribution in [0.2, 0.25) is 0 Å². The van der Waals surface area contributed by atoms with Gasteiger partial charge in [-0.2, -0.15) is 0 Å². The quantitative estimate of drug-likeness (QED) is 0.200. The fourth-order valence-electron chi connectivity index (χ4n) is 5.91. The molecule has 2 aliphatic heterocycles. The first kappa shape index (κ1) is 26.9. The number of pyridine rings is 1. The molecular formula is C34H30N4O4S. The van der Waals surface area contributed by atoms with Crippen LogP contribution in [0.25, 0.3) is 5.69 Å². The van der Waals surface area contributed by atoms with Crippen molar-refractivity contribution in [2.45, 2.75) is 25.9 Å². The van der Waals surface area contributed by atoms with Crippen LogP contribution < -0.4 is 29.2 Å². The molecule has 0 aliphatic carbocycles. The molecule has 2 atom stereocenters. The fourth-order valence-corrected chi connectivity index (χ4v) is 6.26. The number of methoxy groups -OCH3 is 1. The standard InChI is InChI=1S/C34H30N4O4S/c1-21-18-28(22(2)37(21)24-9-16-30-31(19-24)41-20-40-30)33-32(29-6-4-5-17-35-29)36-34(43)38(33)23-7-10-26(11-8-23)42-27-14-12-25(39-3)13-15-27/h4-19,32-33H,20H2,1-3H3,(H,36,43)/t32-,33+/m1/s1. The summed E-state index contributed by atoms with van der Waals surface area (Å²) >= 11 is 5.98. The van der Waals surface area contributed by atoms with E-state index in [9.17, 15) is 0 Å². The van der Waals surface area contributed by atoms with Gasteiger partial charge in [0.15, 0.2) is 16.6 Å². The van der Waals surface area contributed by atoms with Crippen LogP contribution in [0.3, 0.4) is 0 Å². The molecule has 1 saturated heterocycles. The van der Waals surface area contributed by atoms with Crippen molar-refractivity contribution >= 4 is 23.0 Å². The number of hydrogen-bond donors (Lipinski definition) is 1. The maximum absolute atomic E-state index is 6.09. The molecule has 4 heterocycles. The number of nitrogens with zero attached hydrogens (tertiary/aromatic N) is 3. The second kappa shape index (κ2) is 11.0. The van der Waals surface area contributed by atoms with Gasteiger partial charge in [-0.25, -0.2) is 0 Å². The van der Waals surface area contributed by atoms with E-state index >= 15 is 0 Å². The maximum atomic E-state index is 6.09. The Labute approximate surface area is 255 Å². The van der Waals surface area contributed by atoms with Gasteiger partial charge in [0.2, 0.25) is 6.79 Å². The van der Waals surface area contributed by atoms with Gasteiger partial charge in [-0.3, -0.25) is 4.98 Å². The molecule has 7 rings (SSSR count). The molecule has 5 aromatic rings. The molecule has 3 aromatic carbocycles. The van der Waals surface area contributed by atoms with Crippen LogP contribution in [0.5, 0.6) is 28.7 Å². The lowest BCUT2D eigenvalue weighted by Crippen LogP contribution is -2.29. The molecule has 0 amide bonds. The van der Waals surface area contributed by atoms with Gasteiger partial charge in [-0.15, -0.1) is 0 Å². The second-order valence-corrected chi connectivity index (χ2v) is 10.9. The van der Waals surface area contributed by atoms with Gasteiger partial charge in [0.25, 0.3) is 0 Å². The van der Waals surface area contributed by atoms with Crippen LogP contribution in [0, 0.1) is 13.8 Å². The molecule has 2 aromatic heterocycles. The third-order valence-corrected chi connectivity index (χ3v) is 8.23. The van der Waals surface area contributed by atoms with E-state index in [0.29, 0.717) is 5.11 Å². The number of benzene rings is 3. The van der Waals surface area contributed by atoms with Crippen LogP contribution in [-0.2, 0) is 0 Å². The summed E-state index contributed by atoms with van der Waals surface area (Å²) in [5, 5.41) is 4.20. The largest absolute Gasteiger partial charge is 0.497 e. The molecule has 8 nitrogen and oxygen atoms in total. The van der Waals surface area contributed by atoms with E-state index < -0.39 is 0 Å². The molecule has 0 bridgehead atoms. The number of aromatic nitrogens is 2. The first-order valence-corrected chi connectivity index (χ1v) is 14.4. The van der Waals surface area contributed by atoms with Gasteiger partial charge in [0, 0.05) is 35.0 Å². The first-order valence-electron chi connectivity index (χ1n) is 14.0.